The number of fused-ring (bicyclic) bond motifs is 2. The fraction of sp³-hybridized carbons (Fsp3) is 0.226. The highest BCUT2D eigenvalue weighted by atomic mass is 16.5. The fourth-order valence-electron chi connectivity index (χ4n) is 5.39. The van der Waals surface area contributed by atoms with Crippen LogP contribution in [0.25, 0.3) is 17.0 Å². The number of anilines is 1. The number of carbonyl (C=O) groups is 2. The first-order valence-electron chi connectivity index (χ1n) is 12.9. The van der Waals surface area contributed by atoms with E-state index in [0.717, 1.165) is 49.1 Å². The number of nitrogens with zero attached hydrogens (tertiary/aromatic N) is 1. The molecular formula is C31H32N4O3. The second-order valence-corrected chi connectivity index (χ2v) is 9.78. The molecule has 1 aliphatic rings. The highest BCUT2D eigenvalue weighted by molar-refractivity contribution is 5.91. The Balaban J connectivity index is 1.38. The van der Waals surface area contributed by atoms with E-state index in [4.69, 9.17) is 5.21 Å². The van der Waals surface area contributed by atoms with E-state index in [1.807, 2.05) is 18.2 Å². The maximum atomic E-state index is 11.4. The summed E-state index contributed by atoms with van der Waals surface area (Å²) in [5.41, 5.74) is 9.64. The first kappa shape index (κ1) is 25.4. The van der Waals surface area contributed by atoms with Crippen molar-refractivity contribution in [3.8, 4) is 0 Å². The van der Waals surface area contributed by atoms with Crippen molar-refractivity contribution in [3.05, 3.63) is 107 Å². The van der Waals surface area contributed by atoms with Crippen LogP contribution in [0.15, 0.2) is 79.0 Å². The summed E-state index contributed by atoms with van der Waals surface area (Å²) in [5.74, 6) is -0.622. The van der Waals surface area contributed by atoms with Gasteiger partial charge in [-0.25, -0.2) is 5.48 Å². The first-order chi connectivity index (χ1) is 18.5. The minimum Gasteiger partial charge on any atom is -0.361 e. The maximum absolute atomic E-state index is 11.4. The van der Waals surface area contributed by atoms with Crippen molar-refractivity contribution in [3.63, 3.8) is 0 Å². The van der Waals surface area contributed by atoms with Gasteiger partial charge in [-0.3, -0.25) is 19.7 Å². The molecule has 0 radical (unpaired) electrons. The zero-order valence-electron chi connectivity index (χ0n) is 21.4. The molecule has 0 fully saturated rings. The van der Waals surface area contributed by atoms with Crippen molar-refractivity contribution in [2.45, 2.75) is 38.8 Å². The van der Waals surface area contributed by atoms with Gasteiger partial charge in [0.15, 0.2) is 0 Å². The quantitative estimate of drug-likeness (QED) is 0.139. The number of H-pyrrole nitrogens is 1. The fourth-order valence-corrected chi connectivity index (χ4v) is 5.39. The van der Waals surface area contributed by atoms with Crippen LogP contribution < -0.4 is 10.8 Å². The van der Waals surface area contributed by atoms with Crippen LogP contribution in [0.1, 0.15) is 47.2 Å². The number of aryl methyl sites for hydroxylation is 1. The third kappa shape index (κ3) is 5.85. The van der Waals surface area contributed by atoms with Crippen molar-refractivity contribution in [2.75, 3.05) is 11.9 Å². The monoisotopic (exact) mass is 508 g/mol. The summed E-state index contributed by atoms with van der Waals surface area (Å²) < 4.78 is 0. The average molecular weight is 509 g/mol. The van der Waals surface area contributed by atoms with Gasteiger partial charge in [-0.05, 0) is 71.4 Å². The van der Waals surface area contributed by atoms with Crippen LogP contribution in [0.2, 0.25) is 0 Å². The van der Waals surface area contributed by atoms with E-state index in [0.29, 0.717) is 0 Å². The number of para-hydroxylation sites is 1. The van der Waals surface area contributed by atoms with Gasteiger partial charge >= 0.3 is 0 Å². The molecule has 0 unspecified atom stereocenters. The second-order valence-electron chi connectivity index (χ2n) is 9.78. The van der Waals surface area contributed by atoms with Gasteiger partial charge in [0.1, 0.15) is 0 Å². The van der Waals surface area contributed by atoms with Crippen molar-refractivity contribution in [1.82, 2.24) is 15.4 Å². The SMILES string of the molecule is CC(=O)Nc1ccc(CN(CCc2c[nH]c3ccccc23)[C@@H]2CCc3cc(C=CC(=O)NO)ccc32)cc1. The largest absolute Gasteiger partial charge is 0.361 e. The lowest BCUT2D eigenvalue weighted by atomic mass is 10.0. The predicted octanol–water partition coefficient (Wildman–Crippen LogP) is 5.38. The first-order valence-corrected chi connectivity index (χ1v) is 12.9. The molecule has 1 heterocycles. The summed E-state index contributed by atoms with van der Waals surface area (Å²) in [4.78, 5) is 28.7. The average Bonchev–Trinajstić information content (AvgIpc) is 3.54. The van der Waals surface area contributed by atoms with Crippen LogP contribution in [0.5, 0.6) is 0 Å². The Morgan fingerprint density at radius 2 is 1.92 bits per heavy atom. The molecule has 1 aromatic heterocycles. The van der Waals surface area contributed by atoms with E-state index >= 15 is 0 Å². The van der Waals surface area contributed by atoms with Crippen LogP contribution in [0.4, 0.5) is 5.69 Å². The molecule has 0 aliphatic heterocycles. The lowest BCUT2D eigenvalue weighted by Crippen LogP contribution is -2.29. The Bertz CT molecular complexity index is 1470. The number of rotatable bonds is 9. The summed E-state index contributed by atoms with van der Waals surface area (Å²) in [7, 11) is 0. The number of hydrogen-bond acceptors (Lipinski definition) is 4. The van der Waals surface area contributed by atoms with Crippen molar-refractivity contribution in [1.29, 1.82) is 0 Å². The van der Waals surface area contributed by atoms with Crippen LogP contribution in [0.3, 0.4) is 0 Å². The van der Waals surface area contributed by atoms with Crippen molar-refractivity contribution < 1.29 is 14.8 Å². The van der Waals surface area contributed by atoms with Gasteiger partial charge in [0.05, 0.1) is 0 Å². The summed E-state index contributed by atoms with van der Waals surface area (Å²) >= 11 is 0. The molecule has 4 N–H and O–H groups in total. The molecule has 3 aromatic carbocycles. The normalized spacial score (nSPS) is 14.8. The molecule has 0 saturated carbocycles. The maximum Gasteiger partial charge on any atom is 0.267 e. The number of hydroxylamine groups is 1. The second kappa shape index (κ2) is 11.5. The zero-order chi connectivity index (χ0) is 26.5. The van der Waals surface area contributed by atoms with Gasteiger partial charge in [-0.1, -0.05) is 48.5 Å². The molecule has 5 rings (SSSR count). The molecule has 1 aliphatic carbocycles. The van der Waals surface area contributed by atoms with E-state index in [1.54, 1.807) is 11.6 Å². The summed E-state index contributed by atoms with van der Waals surface area (Å²) in [5, 5.41) is 12.8. The van der Waals surface area contributed by atoms with Gasteiger partial charge in [0, 0.05) is 54.9 Å². The zero-order valence-corrected chi connectivity index (χ0v) is 21.4. The van der Waals surface area contributed by atoms with Gasteiger partial charge in [0.25, 0.3) is 5.91 Å². The van der Waals surface area contributed by atoms with E-state index in [2.05, 4.69) is 69.9 Å². The standard InChI is InChI=1S/C31H32N4O3/c1-21(36)33-26-11-6-23(7-12-26)20-35(17-16-25-19-32-29-5-3-2-4-27(25)29)30-14-10-24-18-22(8-13-28(24)30)9-15-31(37)34-38/h2-9,11-13,15,18-19,30,32,38H,10,14,16-17,20H2,1H3,(H,33,36)(H,34,37)/t30-/m1/s1. The van der Waals surface area contributed by atoms with Gasteiger partial charge in [0.2, 0.25) is 5.91 Å². The van der Waals surface area contributed by atoms with Gasteiger partial charge in [-0.15, -0.1) is 0 Å². The summed E-state index contributed by atoms with van der Waals surface area (Å²) in [6.45, 7) is 3.21. The number of aromatic amines is 1. The molecule has 38 heavy (non-hydrogen) atoms. The van der Waals surface area contributed by atoms with E-state index in [9.17, 15) is 9.59 Å². The number of nitrogens with one attached hydrogen (secondary N) is 3. The number of hydrogen-bond donors (Lipinski definition) is 4. The van der Waals surface area contributed by atoms with Gasteiger partial charge in [-0.2, -0.15) is 0 Å². The molecule has 0 saturated heterocycles. The molecule has 1 atom stereocenters. The lowest BCUT2D eigenvalue weighted by molar-refractivity contribution is -0.124. The highest BCUT2D eigenvalue weighted by Crippen LogP contribution is 2.37. The Labute approximate surface area is 222 Å². The molecule has 7 heteroatoms. The molecule has 2 amide bonds. The Morgan fingerprint density at radius 3 is 2.71 bits per heavy atom. The van der Waals surface area contributed by atoms with Crippen molar-refractivity contribution >= 4 is 34.5 Å². The molecule has 0 bridgehead atoms. The topological polar surface area (TPSA) is 97.5 Å². The van der Waals surface area contributed by atoms with Crippen LogP contribution in [0, 0.1) is 0 Å². The number of benzene rings is 3. The Kier molecular flexibility index (Phi) is 7.67. The molecular weight excluding hydrogens is 476 g/mol. The minimum atomic E-state index is -0.545. The van der Waals surface area contributed by atoms with E-state index in [1.165, 1.54) is 40.6 Å². The van der Waals surface area contributed by atoms with E-state index in [-0.39, 0.29) is 11.9 Å². The number of aromatic nitrogens is 1. The minimum absolute atomic E-state index is 0.0770. The molecule has 4 aromatic rings. The lowest BCUT2D eigenvalue weighted by Gasteiger charge is -2.30. The van der Waals surface area contributed by atoms with Crippen molar-refractivity contribution in [2.24, 2.45) is 0 Å². The molecule has 0 spiro atoms. The molecule has 194 valence electrons. The number of amides is 2. The Hall–Kier alpha value is -4.20. The molecule has 7 nitrogen and oxygen atoms in total. The van der Waals surface area contributed by atoms with Gasteiger partial charge < -0.3 is 10.3 Å². The predicted molar refractivity (Wildman–Crippen MR) is 150 cm³/mol. The summed E-state index contributed by atoms with van der Waals surface area (Å²) in [6.07, 6.45) is 8.08. The van der Waals surface area contributed by atoms with Crippen LogP contribution in [-0.4, -0.2) is 33.5 Å². The third-order valence-corrected chi connectivity index (χ3v) is 7.19. The third-order valence-electron chi connectivity index (χ3n) is 7.19. The number of carbonyl (C=O) groups excluding carboxylic acids is 2. The van der Waals surface area contributed by atoms with Crippen LogP contribution in [-0.2, 0) is 29.0 Å². The van der Waals surface area contributed by atoms with Crippen LogP contribution >= 0.6 is 0 Å². The Morgan fingerprint density at radius 1 is 1.11 bits per heavy atom. The smallest absolute Gasteiger partial charge is 0.267 e. The van der Waals surface area contributed by atoms with E-state index < -0.39 is 5.91 Å². The highest BCUT2D eigenvalue weighted by Gasteiger charge is 2.28. The summed E-state index contributed by atoms with van der Waals surface area (Å²) in [6, 6.07) is 23.1.